The highest BCUT2D eigenvalue weighted by Gasteiger charge is 2.52. The van der Waals surface area contributed by atoms with Gasteiger partial charge >= 0.3 is 5.97 Å². The zero-order valence-electron chi connectivity index (χ0n) is 29.1. The zero-order valence-corrected chi connectivity index (χ0v) is 29.1. The van der Waals surface area contributed by atoms with Crippen molar-refractivity contribution >= 4 is 23.7 Å². The van der Waals surface area contributed by atoms with Crippen molar-refractivity contribution in [3.8, 4) is 0 Å². The van der Waals surface area contributed by atoms with E-state index < -0.39 is 130 Å². The molecule has 4 fully saturated rings. The van der Waals surface area contributed by atoms with Crippen molar-refractivity contribution in [2.45, 2.75) is 137 Å². The first kappa shape index (κ1) is 44.2. The van der Waals surface area contributed by atoms with E-state index in [1.165, 1.54) is 0 Å². The van der Waals surface area contributed by atoms with E-state index in [1.807, 2.05) is 0 Å². The molecule has 0 aromatic carbocycles. The molecule has 11 N–H and O–H groups in total. The van der Waals surface area contributed by atoms with Crippen LogP contribution in [0.15, 0.2) is 0 Å². The van der Waals surface area contributed by atoms with E-state index >= 15 is 0 Å². The van der Waals surface area contributed by atoms with Crippen LogP contribution in [0.25, 0.3) is 0 Å². The maximum atomic E-state index is 12.3. The molecule has 54 heavy (non-hydrogen) atoms. The molecule has 0 aliphatic carbocycles. The average Bonchev–Trinajstić information content (AvgIpc) is 3.46. The minimum Gasteiger partial charge on any atom is -0.394 e. The molecule has 0 bridgehead atoms. The second-order valence-electron chi connectivity index (χ2n) is 13.2. The van der Waals surface area contributed by atoms with E-state index in [1.54, 1.807) is 0 Å². The predicted octanol–water partition coefficient (Wildman–Crippen LogP) is -6.87. The lowest BCUT2D eigenvalue weighted by molar-refractivity contribution is -0.366. The number of carbonyl (C=O) groups is 4. The molecule has 0 radical (unpaired) electrons. The fourth-order valence-electron chi connectivity index (χ4n) is 6.06. The Morgan fingerprint density at radius 3 is 1.80 bits per heavy atom. The minimum absolute atomic E-state index is 0.0197. The maximum absolute atomic E-state index is 12.3. The lowest BCUT2D eigenvalue weighted by Gasteiger charge is -2.46. The maximum Gasteiger partial charge on any atom is 0.333 e. The molecule has 23 heteroatoms. The van der Waals surface area contributed by atoms with Gasteiger partial charge in [0.05, 0.1) is 26.4 Å². The zero-order chi connectivity index (χ0) is 39.7. The highest BCUT2D eigenvalue weighted by atomic mass is 16.8. The summed E-state index contributed by atoms with van der Waals surface area (Å²) >= 11 is 0. The molecule has 4 rings (SSSR count). The smallest absolute Gasteiger partial charge is 0.333 e. The van der Waals surface area contributed by atoms with E-state index in [2.05, 4.69) is 5.32 Å². The van der Waals surface area contributed by atoms with Gasteiger partial charge < -0.3 is 89.6 Å². The number of hydrogen-bond acceptors (Lipinski definition) is 21. The van der Waals surface area contributed by atoms with Gasteiger partial charge in [-0.15, -0.1) is 5.06 Å². The van der Waals surface area contributed by atoms with Crippen molar-refractivity contribution in [2.24, 2.45) is 0 Å². The van der Waals surface area contributed by atoms with E-state index in [-0.39, 0.29) is 44.7 Å². The Bertz CT molecular complexity index is 1230. The van der Waals surface area contributed by atoms with Gasteiger partial charge in [0.15, 0.2) is 18.9 Å². The Morgan fingerprint density at radius 1 is 0.648 bits per heavy atom. The molecule has 0 saturated carbocycles. The Hall–Kier alpha value is -2.56. The number of hydrogen-bond donors (Lipinski definition) is 11. The SMILES string of the molecule is O=C(CCCCCC(=O)ON1C(=O)CCC1=O)NCCO[C@@H]1O[C@H](CO[C@H]2O[C@H](CO)[C@@H](O)[C@H](O)[C@@H]2O)[C@@H](O)[C@H](O[C@H]2O[C@H](CO)[C@@H](O)[C@H](O)[C@@H]2O)[C@@H]1O. The number of aliphatic hydroxyl groups excluding tert-OH is 10. The first-order valence-electron chi connectivity index (χ1n) is 17.5. The highest BCUT2D eigenvalue weighted by molar-refractivity contribution is 6.01. The number of rotatable bonds is 18. The fourth-order valence-corrected chi connectivity index (χ4v) is 6.06. The summed E-state index contributed by atoms with van der Waals surface area (Å²) in [6, 6.07) is 0. The number of carbonyl (C=O) groups excluding carboxylic acids is 4. The van der Waals surface area contributed by atoms with Gasteiger partial charge in [0.2, 0.25) is 5.91 Å². The van der Waals surface area contributed by atoms with Gasteiger partial charge in [0.1, 0.15) is 73.2 Å². The summed E-state index contributed by atoms with van der Waals surface area (Å²) in [6.45, 7) is -2.55. The lowest BCUT2D eigenvalue weighted by Crippen LogP contribution is -2.65. The molecule has 15 atom stereocenters. The lowest BCUT2D eigenvalue weighted by atomic mass is 9.96. The van der Waals surface area contributed by atoms with Crippen LogP contribution in [0, 0.1) is 0 Å². The molecule has 4 aliphatic heterocycles. The number of unbranched alkanes of at least 4 members (excludes halogenated alkanes) is 2. The summed E-state index contributed by atoms with van der Waals surface area (Å²) in [5, 5.41) is 106. The summed E-state index contributed by atoms with van der Waals surface area (Å²) in [5.41, 5.74) is 0. The third-order valence-electron chi connectivity index (χ3n) is 9.24. The van der Waals surface area contributed by atoms with Crippen LogP contribution in [0.3, 0.4) is 0 Å². The Kier molecular flexibility index (Phi) is 16.8. The summed E-state index contributed by atoms with van der Waals surface area (Å²) in [7, 11) is 0. The average molecular weight is 787 g/mol. The molecule has 4 aliphatic rings. The number of nitrogens with one attached hydrogen (secondary N) is 1. The molecule has 0 aromatic heterocycles. The molecule has 0 aromatic rings. The first-order chi connectivity index (χ1) is 25.7. The van der Waals surface area contributed by atoms with E-state index in [0.717, 1.165) is 0 Å². The quantitative estimate of drug-likeness (QED) is 0.0454. The van der Waals surface area contributed by atoms with Crippen LogP contribution >= 0.6 is 0 Å². The Labute approximate surface area is 307 Å². The van der Waals surface area contributed by atoms with Crippen molar-refractivity contribution in [3.05, 3.63) is 0 Å². The van der Waals surface area contributed by atoms with Crippen LogP contribution < -0.4 is 5.32 Å². The van der Waals surface area contributed by atoms with Crippen LogP contribution in [0.5, 0.6) is 0 Å². The molecule has 0 unspecified atom stereocenters. The first-order valence-corrected chi connectivity index (χ1v) is 17.5. The van der Waals surface area contributed by atoms with E-state index in [4.69, 9.17) is 33.3 Å². The monoisotopic (exact) mass is 786 g/mol. The van der Waals surface area contributed by atoms with Gasteiger partial charge in [0.25, 0.3) is 11.8 Å². The predicted molar refractivity (Wildman–Crippen MR) is 168 cm³/mol. The van der Waals surface area contributed by atoms with Gasteiger partial charge in [-0.1, -0.05) is 6.42 Å². The molecule has 23 nitrogen and oxygen atoms in total. The standard InChI is InChI=1S/C31H50N2O21/c34-10-13-20(40)23(43)25(45)29(50-13)49-12-15-22(42)28(53-31-26(46)24(44)21(41)14(11-35)51-31)27(47)30(52-15)48-9-8-32-16(36)4-2-1-3-5-19(39)54-33-17(37)6-7-18(33)38/h13-15,20-31,34-35,40-47H,1-12H2,(H,32,36)/t13-,14-,15-,20-,21-,22-,23+,24+,25+,26+,27+,28+,29+,30-,31-/m1/s1. The Balaban J connectivity index is 1.28. The minimum atomic E-state index is -1.91. The molecule has 4 saturated heterocycles. The molecular formula is C31H50N2O21. The molecular weight excluding hydrogens is 736 g/mol. The van der Waals surface area contributed by atoms with Crippen LogP contribution in [-0.4, -0.2) is 205 Å². The van der Waals surface area contributed by atoms with E-state index in [0.29, 0.717) is 24.3 Å². The van der Waals surface area contributed by atoms with Gasteiger partial charge in [-0.3, -0.25) is 14.4 Å². The second-order valence-corrected chi connectivity index (χ2v) is 13.2. The number of imide groups is 1. The summed E-state index contributed by atoms with van der Waals surface area (Å²) in [4.78, 5) is 52.1. The summed E-state index contributed by atoms with van der Waals surface area (Å²) in [5.74, 6) is -2.30. The van der Waals surface area contributed by atoms with Crippen molar-refractivity contribution < 1.29 is 104 Å². The normalized spacial score (nSPS) is 38.8. The van der Waals surface area contributed by atoms with Crippen LogP contribution in [0.4, 0.5) is 0 Å². The third kappa shape index (κ3) is 11.1. The number of nitrogens with zero attached hydrogens (tertiary/aromatic N) is 1. The topological polar surface area (TPSA) is 350 Å². The molecule has 0 spiro atoms. The van der Waals surface area contributed by atoms with Gasteiger partial charge in [0, 0.05) is 32.2 Å². The number of amides is 3. The molecule has 4 heterocycles. The fraction of sp³-hybridized carbons (Fsp3) is 0.871. The van der Waals surface area contributed by atoms with E-state index in [9.17, 15) is 70.2 Å². The Morgan fingerprint density at radius 2 is 1.19 bits per heavy atom. The largest absolute Gasteiger partial charge is 0.394 e. The van der Waals surface area contributed by atoms with Gasteiger partial charge in [-0.25, -0.2) is 4.79 Å². The van der Waals surface area contributed by atoms with Crippen molar-refractivity contribution in [1.29, 1.82) is 0 Å². The van der Waals surface area contributed by atoms with Crippen molar-refractivity contribution in [2.75, 3.05) is 33.0 Å². The van der Waals surface area contributed by atoms with Crippen LogP contribution in [-0.2, 0) is 52.4 Å². The van der Waals surface area contributed by atoms with Crippen molar-refractivity contribution in [3.63, 3.8) is 0 Å². The highest BCUT2D eigenvalue weighted by Crippen LogP contribution is 2.31. The van der Waals surface area contributed by atoms with Gasteiger partial charge in [-0.05, 0) is 12.8 Å². The van der Waals surface area contributed by atoms with Crippen molar-refractivity contribution in [1.82, 2.24) is 10.4 Å². The van der Waals surface area contributed by atoms with Gasteiger partial charge in [-0.2, -0.15) is 0 Å². The summed E-state index contributed by atoms with van der Waals surface area (Å²) < 4.78 is 33.1. The van der Waals surface area contributed by atoms with Crippen LogP contribution in [0.1, 0.15) is 44.9 Å². The second kappa shape index (κ2) is 20.6. The number of ether oxygens (including phenoxy) is 6. The summed E-state index contributed by atoms with van der Waals surface area (Å²) in [6.07, 6.45) is -24.2. The van der Waals surface area contributed by atoms with Crippen LogP contribution in [0.2, 0.25) is 0 Å². The number of aliphatic hydroxyl groups is 10. The molecule has 3 amide bonds. The number of hydroxylamine groups is 2. The third-order valence-corrected chi connectivity index (χ3v) is 9.24. The molecule has 310 valence electrons.